The first kappa shape index (κ1) is 16.3. The second-order valence-corrected chi connectivity index (χ2v) is 6.21. The lowest BCUT2D eigenvalue weighted by atomic mass is 10.2. The van der Waals surface area contributed by atoms with Gasteiger partial charge in [0.25, 0.3) is 5.91 Å². The number of ether oxygens (including phenoxy) is 1. The van der Waals surface area contributed by atoms with Gasteiger partial charge in [0.15, 0.2) is 0 Å². The highest BCUT2D eigenvalue weighted by molar-refractivity contribution is 7.99. The molecule has 3 heterocycles. The highest BCUT2D eigenvalue weighted by atomic mass is 32.2. The van der Waals surface area contributed by atoms with Crippen molar-refractivity contribution in [3.8, 4) is 5.88 Å². The van der Waals surface area contributed by atoms with E-state index in [4.69, 9.17) is 4.74 Å². The fourth-order valence-electron chi connectivity index (χ4n) is 2.51. The number of rotatable bonds is 4. The van der Waals surface area contributed by atoms with Gasteiger partial charge in [0, 0.05) is 24.2 Å². The first-order chi connectivity index (χ1) is 11.6. The van der Waals surface area contributed by atoms with E-state index < -0.39 is 23.3 Å². The van der Waals surface area contributed by atoms with Crippen molar-refractivity contribution in [2.24, 2.45) is 0 Å². The number of carbonyl (C=O) groups is 2. The number of nitrogens with zero attached hydrogens (tertiary/aromatic N) is 3. The largest absolute Gasteiger partial charge is 0.481 e. The second kappa shape index (κ2) is 6.88. The molecular formula is C16H15N3O4S. The van der Waals surface area contributed by atoms with Gasteiger partial charge < -0.3 is 14.7 Å². The van der Waals surface area contributed by atoms with E-state index in [1.54, 1.807) is 42.7 Å². The van der Waals surface area contributed by atoms with Crippen LogP contribution in [0, 0.1) is 0 Å². The van der Waals surface area contributed by atoms with Crippen LogP contribution in [0.25, 0.3) is 0 Å². The first-order valence-corrected chi connectivity index (χ1v) is 8.24. The Morgan fingerprint density at radius 3 is 2.71 bits per heavy atom. The van der Waals surface area contributed by atoms with Crippen LogP contribution in [0.15, 0.2) is 42.7 Å². The molecule has 1 amide bonds. The van der Waals surface area contributed by atoms with Crippen LogP contribution < -0.4 is 4.74 Å². The summed E-state index contributed by atoms with van der Waals surface area (Å²) < 4.78 is 5.04. The molecule has 2 aromatic heterocycles. The quantitative estimate of drug-likeness (QED) is 0.903. The standard InChI is InChI=1S/C16H15N3O4S/c1-23-13-4-2-3-11(18-13)14(20)19-12(16(21)22)9-24-15(19)10-5-7-17-8-6-10/h2-8,12,15H,9H2,1H3,(H,21,22). The van der Waals surface area contributed by atoms with Crippen molar-refractivity contribution in [1.82, 2.24) is 14.9 Å². The fourth-order valence-corrected chi connectivity index (χ4v) is 3.93. The molecule has 24 heavy (non-hydrogen) atoms. The molecule has 2 unspecified atom stereocenters. The van der Waals surface area contributed by atoms with Crippen LogP contribution in [0.1, 0.15) is 21.4 Å². The minimum atomic E-state index is -1.03. The Bertz CT molecular complexity index is 756. The second-order valence-electron chi connectivity index (χ2n) is 5.10. The van der Waals surface area contributed by atoms with Gasteiger partial charge in [-0.1, -0.05) is 6.07 Å². The van der Waals surface area contributed by atoms with Gasteiger partial charge in [0.1, 0.15) is 17.1 Å². The summed E-state index contributed by atoms with van der Waals surface area (Å²) >= 11 is 1.41. The average molecular weight is 345 g/mol. The third-order valence-corrected chi connectivity index (χ3v) is 4.99. The number of aromatic nitrogens is 2. The van der Waals surface area contributed by atoms with Crippen molar-refractivity contribution in [3.05, 3.63) is 54.0 Å². The number of hydrogen-bond donors (Lipinski definition) is 1. The molecular weight excluding hydrogens is 330 g/mol. The number of hydrogen-bond acceptors (Lipinski definition) is 6. The molecule has 1 aliphatic rings. The minimum absolute atomic E-state index is 0.155. The molecule has 2 aromatic rings. The summed E-state index contributed by atoms with van der Waals surface area (Å²) in [6.45, 7) is 0. The molecule has 1 fully saturated rings. The highest BCUT2D eigenvalue weighted by Crippen LogP contribution is 2.42. The normalized spacial score (nSPS) is 20.0. The van der Waals surface area contributed by atoms with Crippen LogP contribution in [-0.2, 0) is 4.79 Å². The molecule has 124 valence electrons. The number of carboxylic acids is 1. The van der Waals surface area contributed by atoms with Crippen molar-refractivity contribution in [3.63, 3.8) is 0 Å². The predicted octanol–water partition coefficient (Wildman–Crippen LogP) is 1.83. The van der Waals surface area contributed by atoms with E-state index in [2.05, 4.69) is 9.97 Å². The molecule has 1 N–H and O–H groups in total. The SMILES string of the molecule is COc1cccc(C(=O)N2C(C(=O)O)CSC2c2ccncc2)n1. The Hall–Kier alpha value is -2.61. The van der Waals surface area contributed by atoms with Gasteiger partial charge in [-0.2, -0.15) is 0 Å². The lowest BCUT2D eigenvalue weighted by Gasteiger charge is -2.27. The number of pyridine rings is 2. The van der Waals surface area contributed by atoms with Crippen molar-refractivity contribution in [2.75, 3.05) is 12.9 Å². The van der Waals surface area contributed by atoms with Crippen LogP contribution in [0.3, 0.4) is 0 Å². The molecule has 8 heteroatoms. The van der Waals surface area contributed by atoms with Gasteiger partial charge in [-0.25, -0.2) is 9.78 Å². The zero-order chi connectivity index (χ0) is 17.1. The number of aliphatic carboxylic acids is 1. The third kappa shape index (κ3) is 3.05. The Kier molecular flexibility index (Phi) is 4.66. The van der Waals surface area contributed by atoms with Crippen molar-refractivity contribution in [2.45, 2.75) is 11.4 Å². The van der Waals surface area contributed by atoms with E-state index >= 15 is 0 Å². The maximum absolute atomic E-state index is 12.9. The summed E-state index contributed by atoms with van der Waals surface area (Å²) in [5, 5.41) is 9.09. The Morgan fingerprint density at radius 1 is 1.29 bits per heavy atom. The Morgan fingerprint density at radius 2 is 2.04 bits per heavy atom. The zero-order valence-corrected chi connectivity index (χ0v) is 13.6. The predicted molar refractivity (Wildman–Crippen MR) is 87.8 cm³/mol. The number of carboxylic acid groups (broad SMARTS) is 1. The van der Waals surface area contributed by atoms with Crippen LogP contribution in [0.2, 0.25) is 0 Å². The maximum atomic E-state index is 12.9. The zero-order valence-electron chi connectivity index (χ0n) is 12.8. The van der Waals surface area contributed by atoms with E-state index in [0.29, 0.717) is 11.6 Å². The highest BCUT2D eigenvalue weighted by Gasteiger charge is 2.43. The summed E-state index contributed by atoms with van der Waals surface area (Å²) in [6.07, 6.45) is 3.24. The summed E-state index contributed by atoms with van der Waals surface area (Å²) in [7, 11) is 1.46. The summed E-state index contributed by atoms with van der Waals surface area (Å²) in [4.78, 5) is 34.0. The number of thioether (sulfide) groups is 1. The maximum Gasteiger partial charge on any atom is 0.327 e. The third-order valence-electron chi connectivity index (χ3n) is 3.66. The van der Waals surface area contributed by atoms with Crippen LogP contribution >= 0.6 is 11.8 Å². The smallest absolute Gasteiger partial charge is 0.327 e. The topological polar surface area (TPSA) is 92.6 Å². The van der Waals surface area contributed by atoms with E-state index in [9.17, 15) is 14.7 Å². The monoisotopic (exact) mass is 345 g/mol. The van der Waals surface area contributed by atoms with Crippen LogP contribution in [0.5, 0.6) is 5.88 Å². The lowest BCUT2D eigenvalue weighted by Crippen LogP contribution is -2.43. The molecule has 0 spiro atoms. The molecule has 0 aromatic carbocycles. The van der Waals surface area contributed by atoms with Crippen molar-refractivity contribution in [1.29, 1.82) is 0 Å². The molecule has 3 rings (SSSR count). The molecule has 1 saturated heterocycles. The van der Waals surface area contributed by atoms with Gasteiger partial charge >= 0.3 is 5.97 Å². The van der Waals surface area contributed by atoms with Gasteiger partial charge in [0.2, 0.25) is 5.88 Å². The van der Waals surface area contributed by atoms with Crippen molar-refractivity contribution >= 4 is 23.6 Å². The molecule has 0 radical (unpaired) electrons. The van der Waals surface area contributed by atoms with Gasteiger partial charge in [-0.3, -0.25) is 9.78 Å². The number of methoxy groups -OCH3 is 1. The van der Waals surface area contributed by atoms with Crippen molar-refractivity contribution < 1.29 is 19.4 Å². The summed E-state index contributed by atoms with van der Waals surface area (Å²) in [5.74, 6) is -0.846. The Balaban J connectivity index is 1.98. The van der Waals surface area contributed by atoms with E-state index in [1.165, 1.54) is 23.8 Å². The molecule has 0 aliphatic carbocycles. The summed E-state index contributed by atoms with van der Waals surface area (Å²) in [6, 6.07) is 7.48. The fraction of sp³-hybridized carbons (Fsp3) is 0.250. The number of amides is 1. The number of carbonyl (C=O) groups excluding carboxylic acids is 1. The molecule has 0 saturated carbocycles. The average Bonchev–Trinajstić information content (AvgIpc) is 3.07. The molecule has 1 aliphatic heterocycles. The van der Waals surface area contributed by atoms with Crippen LogP contribution in [0.4, 0.5) is 0 Å². The molecule has 0 bridgehead atoms. The van der Waals surface area contributed by atoms with Gasteiger partial charge in [-0.05, 0) is 23.8 Å². The van der Waals surface area contributed by atoms with Gasteiger partial charge in [-0.15, -0.1) is 11.8 Å². The minimum Gasteiger partial charge on any atom is -0.481 e. The Labute approximate surface area is 142 Å². The van der Waals surface area contributed by atoms with E-state index in [0.717, 1.165) is 5.56 Å². The summed E-state index contributed by atoms with van der Waals surface area (Å²) in [5.41, 5.74) is 0.983. The van der Waals surface area contributed by atoms with E-state index in [1.807, 2.05) is 0 Å². The van der Waals surface area contributed by atoms with Crippen LogP contribution in [-0.4, -0.2) is 50.8 Å². The molecule has 2 atom stereocenters. The first-order valence-electron chi connectivity index (χ1n) is 7.20. The lowest BCUT2D eigenvalue weighted by molar-refractivity contribution is -0.141. The van der Waals surface area contributed by atoms with Gasteiger partial charge in [0.05, 0.1) is 7.11 Å². The van der Waals surface area contributed by atoms with E-state index in [-0.39, 0.29) is 5.69 Å². The molecule has 7 nitrogen and oxygen atoms in total.